The number of aromatic nitrogens is 4. The molecule has 0 aliphatic heterocycles. The predicted molar refractivity (Wildman–Crippen MR) is 128 cm³/mol. The molecule has 0 radical (unpaired) electrons. The largest absolute Gasteiger partial charge is 0.497 e. The highest BCUT2D eigenvalue weighted by molar-refractivity contribution is 6.42. The minimum absolute atomic E-state index is 0.185. The Morgan fingerprint density at radius 2 is 1.88 bits per heavy atom. The Morgan fingerprint density at radius 1 is 1.09 bits per heavy atom. The van der Waals surface area contributed by atoms with Crippen molar-refractivity contribution < 1.29 is 18.7 Å². The van der Waals surface area contributed by atoms with Crippen LogP contribution in [-0.4, -0.2) is 40.1 Å². The first kappa shape index (κ1) is 23.6. The summed E-state index contributed by atoms with van der Waals surface area (Å²) in [6.07, 6.45) is 0. The molecule has 0 atom stereocenters. The number of ether oxygens (including phenoxy) is 2. The fourth-order valence-corrected chi connectivity index (χ4v) is 3.59. The minimum atomic E-state index is -0.414. The van der Waals surface area contributed by atoms with E-state index in [4.69, 9.17) is 37.1 Å². The van der Waals surface area contributed by atoms with Crippen LogP contribution in [0, 0.1) is 13.8 Å². The number of anilines is 1. The van der Waals surface area contributed by atoms with Gasteiger partial charge >= 0.3 is 0 Å². The molecule has 2 aromatic carbocycles. The maximum Gasteiger partial charge on any atom is 0.278 e. The van der Waals surface area contributed by atoms with Gasteiger partial charge in [-0.05, 0) is 44.2 Å². The molecular formula is C23H21Cl2N5O4. The first-order valence-electron chi connectivity index (χ1n) is 10.2. The third-order valence-corrected chi connectivity index (χ3v) is 5.95. The van der Waals surface area contributed by atoms with Crippen molar-refractivity contribution in [2.75, 3.05) is 19.5 Å². The number of hydrogen-bond acceptors (Lipinski definition) is 7. The van der Waals surface area contributed by atoms with Crippen LogP contribution in [0.2, 0.25) is 10.0 Å². The molecule has 1 N–H and O–H groups in total. The highest BCUT2D eigenvalue weighted by atomic mass is 35.5. The third kappa shape index (κ3) is 4.71. The van der Waals surface area contributed by atoms with E-state index >= 15 is 0 Å². The van der Waals surface area contributed by atoms with Crippen LogP contribution >= 0.6 is 23.2 Å². The van der Waals surface area contributed by atoms with Gasteiger partial charge in [0.2, 0.25) is 5.89 Å². The standard InChI is InChI=1S/C23H21Cl2N5O4/c1-12-21(22(31)26-14-5-8-17(24)18(25)9-14)28-29-30(12)11-19-13(2)34-23(27-19)16-7-6-15(32-3)10-20(16)33-4/h5-10H,11H2,1-4H3,(H,26,31). The molecule has 9 nitrogen and oxygen atoms in total. The van der Waals surface area contributed by atoms with Crippen molar-refractivity contribution in [2.45, 2.75) is 20.4 Å². The van der Waals surface area contributed by atoms with Crippen LogP contribution in [0.3, 0.4) is 0 Å². The van der Waals surface area contributed by atoms with Crippen molar-refractivity contribution >= 4 is 34.8 Å². The molecule has 0 bridgehead atoms. The SMILES string of the molecule is COc1ccc(-c2nc(Cn3nnc(C(=O)Nc4ccc(Cl)c(Cl)c4)c3C)c(C)o2)c(OC)c1. The number of benzene rings is 2. The molecule has 0 aliphatic carbocycles. The highest BCUT2D eigenvalue weighted by Crippen LogP contribution is 2.34. The molecule has 1 amide bonds. The van der Waals surface area contributed by atoms with Crippen LogP contribution in [0.5, 0.6) is 11.5 Å². The molecule has 11 heteroatoms. The van der Waals surface area contributed by atoms with Gasteiger partial charge in [-0.3, -0.25) is 4.79 Å². The smallest absolute Gasteiger partial charge is 0.278 e. The van der Waals surface area contributed by atoms with Gasteiger partial charge in [-0.15, -0.1) is 5.10 Å². The maximum atomic E-state index is 12.7. The summed E-state index contributed by atoms with van der Waals surface area (Å²) in [5.41, 5.74) is 2.60. The molecule has 4 rings (SSSR count). The lowest BCUT2D eigenvalue weighted by Gasteiger charge is -2.07. The topological polar surface area (TPSA) is 104 Å². The first-order chi connectivity index (χ1) is 16.3. The van der Waals surface area contributed by atoms with Crippen LogP contribution in [-0.2, 0) is 6.54 Å². The lowest BCUT2D eigenvalue weighted by molar-refractivity contribution is 0.102. The van der Waals surface area contributed by atoms with Crippen molar-refractivity contribution in [1.29, 1.82) is 0 Å². The van der Waals surface area contributed by atoms with Crippen LogP contribution in [0.4, 0.5) is 5.69 Å². The zero-order chi connectivity index (χ0) is 24.4. The summed E-state index contributed by atoms with van der Waals surface area (Å²) in [6, 6.07) is 10.2. The molecule has 2 heterocycles. The van der Waals surface area contributed by atoms with Crippen LogP contribution < -0.4 is 14.8 Å². The third-order valence-electron chi connectivity index (χ3n) is 5.21. The predicted octanol–water partition coefficient (Wildman–Crippen LogP) is 5.17. The molecule has 0 aliphatic rings. The first-order valence-corrected chi connectivity index (χ1v) is 10.9. The molecule has 4 aromatic rings. The monoisotopic (exact) mass is 501 g/mol. The van der Waals surface area contributed by atoms with E-state index in [0.717, 1.165) is 0 Å². The maximum absolute atomic E-state index is 12.7. The number of halogens is 2. The number of nitrogens with zero attached hydrogens (tertiary/aromatic N) is 4. The van der Waals surface area contributed by atoms with E-state index in [1.807, 2.05) is 13.0 Å². The molecule has 0 unspecified atom stereocenters. The summed E-state index contributed by atoms with van der Waals surface area (Å²) in [5.74, 6) is 1.84. The fourth-order valence-electron chi connectivity index (χ4n) is 3.29. The van der Waals surface area contributed by atoms with Crippen molar-refractivity contribution in [3.63, 3.8) is 0 Å². The Kier molecular flexibility index (Phi) is 6.76. The molecule has 2 aromatic heterocycles. The Labute approximate surface area is 205 Å². The number of carbonyl (C=O) groups excluding carboxylic acids is 1. The van der Waals surface area contributed by atoms with Gasteiger partial charge in [-0.2, -0.15) is 0 Å². The van der Waals surface area contributed by atoms with E-state index in [1.165, 1.54) is 0 Å². The summed E-state index contributed by atoms with van der Waals surface area (Å²) in [6.45, 7) is 3.84. The number of methoxy groups -OCH3 is 2. The second-order valence-electron chi connectivity index (χ2n) is 7.35. The Morgan fingerprint density at radius 3 is 2.59 bits per heavy atom. The van der Waals surface area contributed by atoms with Crippen molar-refractivity contribution in [2.24, 2.45) is 0 Å². The molecule has 0 fully saturated rings. The van der Waals surface area contributed by atoms with Gasteiger partial charge in [-0.25, -0.2) is 9.67 Å². The van der Waals surface area contributed by atoms with E-state index in [9.17, 15) is 4.79 Å². The molecule has 0 saturated heterocycles. The number of aryl methyl sites for hydroxylation is 1. The Hall–Kier alpha value is -3.56. The summed E-state index contributed by atoms with van der Waals surface area (Å²) >= 11 is 11.9. The normalized spacial score (nSPS) is 10.9. The van der Waals surface area contributed by atoms with Gasteiger partial charge in [0.1, 0.15) is 23.0 Å². The molecular weight excluding hydrogens is 481 g/mol. The van der Waals surface area contributed by atoms with Crippen LogP contribution in [0.1, 0.15) is 27.6 Å². The van der Waals surface area contributed by atoms with Gasteiger partial charge in [-0.1, -0.05) is 28.4 Å². The highest BCUT2D eigenvalue weighted by Gasteiger charge is 2.20. The Bertz CT molecular complexity index is 1370. The van der Waals surface area contributed by atoms with E-state index < -0.39 is 5.91 Å². The summed E-state index contributed by atoms with van der Waals surface area (Å²) in [7, 11) is 3.15. The summed E-state index contributed by atoms with van der Waals surface area (Å²) in [5, 5.41) is 11.6. The Balaban J connectivity index is 1.55. The molecule has 0 spiro atoms. The number of hydrogen-bond donors (Lipinski definition) is 1. The van der Waals surface area contributed by atoms with E-state index in [1.54, 1.807) is 56.2 Å². The number of carbonyl (C=O) groups is 1. The summed E-state index contributed by atoms with van der Waals surface area (Å²) < 4.78 is 18.2. The van der Waals surface area contributed by atoms with Crippen molar-refractivity contribution in [3.8, 4) is 23.0 Å². The number of amides is 1. The average molecular weight is 502 g/mol. The van der Waals surface area contributed by atoms with Crippen LogP contribution in [0.15, 0.2) is 40.8 Å². The quantitative estimate of drug-likeness (QED) is 0.372. The molecule has 176 valence electrons. The van der Waals surface area contributed by atoms with Gasteiger partial charge in [0.25, 0.3) is 5.91 Å². The minimum Gasteiger partial charge on any atom is -0.497 e. The number of rotatable bonds is 7. The van der Waals surface area contributed by atoms with Crippen LogP contribution in [0.25, 0.3) is 11.5 Å². The van der Waals surface area contributed by atoms with E-state index in [-0.39, 0.29) is 12.2 Å². The van der Waals surface area contributed by atoms with Gasteiger partial charge in [0.15, 0.2) is 5.69 Å². The van der Waals surface area contributed by atoms with E-state index in [0.29, 0.717) is 55.8 Å². The van der Waals surface area contributed by atoms with Gasteiger partial charge < -0.3 is 19.2 Å². The second kappa shape index (κ2) is 9.74. The second-order valence-corrected chi connectivity index (χ2v) is 8.17. The number of nitrogens with one attached hydrogen (secondary N) is 1. The molecule has 0 saturated carbocycles. The molecule has 34 heavy (non-hydrogen) atoms. The van der Waals surface area contributed by atoms with Gasteiger partial charge in [0, 0.05) is 11.8 Å². The summed E-state index contributed by atoms with van der Waals surface area (Å²) in [4.78, 5) is 17.3. The zero-order valence-corrected chi connectivity index (χ0v) is 20.4. The average Bonchev–Trinajstić information content (AvgIpc) is 3.38. The van der Waals surface area contributed by atoms with Gasteiger partial charge in [0.05, 0.1) is 42.1 Å². The van der Waals surface area contributed by atoms with Crippen molar-refractivity contribution in [3.05, 3.63) is 69.3 Å². The van der Waals surface area contributed by atoms with E-state index in [2.05, 4.69) is 20.6 Å². The lowest BCUT2D eigenvalue weighted by Crippen LogP contribution is -2.14. The lowest BCUT2D eigenvalue weighted by atomic mass is 10.2. The zero-order valence-electron chi connectivity index (χ0n) is 18.8. The van der Waals surface area contributed by atoms with Crippen molar-refractivity contribution in [1.82, 2.24) is 20.0 Å². The number of oxazole rings is 1. The fraction of sp³-hybridized carbons (Fsp3) is 0.217.